The van der Waals surface area contributed by atoms with E-state index in [1.165, 1.54) is 5.56 Å². The van der Waals surface area contributed by atoms with Gasteiger partial charge in [0.1, 0.15) is 11.4 Å². The van der Waals surface area contributed by atoms with Crippen LogP contribution in [0.1, 0.15) is 32.0 Å². The number of hydrogen-bond acceptors (Lipinski definition) is 5. The third-order valence-electron chi connectivity index (χ3n) is 4.45. The van der Waals surface area contributed by atoms with Gasteiger partial charge in [0.2, 0.25) is 0 Å². The summed E-state index contributed by atoms with van der Waals surface area (Å²) in [5.74, 6) is 0.592. The Bertz CT molecular complexity index is 830. The van der Waals surface area contributed by atoms with Crippen LogP contribution in [-0.2, 0) is 22.5 Å². The number of benzene rings is 1. The Kier molecular flexibility index (Phi) is 6.09. The van der Waals surface area contributed by atoms with Gasteiger partial charge in [0.05, 0.1) is 6.54 Å². The number of anilines is 1. The lowest BCUT2D eigenvalue weighted by atomic mass is 10.0. The summed E-state index contributed by atoms with van der Waals surface area (Å²) in [4.78, 5) is 31.0. The van der Waals surface area contributed by atoms with Gasteiger partial charge in [0.25, 0.3) is 0 Å². The fraction of sp³-hybridized carbons (Fsp3) is 0.409. The minimum absolute atomic E-state index is 0.0759. The number of nitrogens with zero attached hydrogens (tertiary/aromatic N) is 2. The molecule has 1 aromatic carbocycles. The molecule has 0 radical (unpaired) electrons. The van der Waals surface area contributed by atoms with E-state index in [9.17, 15) is 9.59 Å². The first-order chi connectivity index (χ1) is 13.3. The van der Waals surface area contributed by atoms with E-state index in [4.69, 9.17) is 4.74 Å². The average Bonchev–Trinajstić information content (AvgIpc) is 2.93. The molecule has 1 amide bonds. The standard InChI is InChI=1S/C22H27N3O3/c1-22(2,3)28-21(27)24-20-11-7-10-18(23-20)12-17-14-25(15-19(17)26)13-16-8-5-4-6-9-16/h4-11,17H,12-15H2,1-3H3,(H,23,24,27). The van der Waals surface area contributed by atoms with Gasteiger partial charge in [0.15, 0.2) is 5.78 Å². The van der Waals surface area contributed by atoms with Crippen molar-refractivity contribution in [3.8, 4) is 0 Å². The van der Waals surface area contributed by atoms with Crippen LogP contribution in [0.3, 0.4) is 0 Å². The highest BCUT2D eigenvalue weighted by Crippen LogP contribution is 2.20. The molecule has 6 nitrogen and oxygen atoms in total. The first kappa shape index (κ1) is 20.0. The third-order valence-corrected chi connectivity index (χ3v) is 4.45. The largest absolute Gasteiger partial charge is 0.444 e. The van der Waals surface area contributed by atoms with E-state index in [1.807, 2.05) is 51.1 Å². The van der Waals surface area contributed by atoms with Crippen LogP contribution in [0.4, 0.5) is 10.6 Å². The molecule has 2 aromatic rings. The van der Waals surface area contributed by atoms with Crippen molar-refractivity contribution in [1.29, 1.82) is 0 Å². The lowest BCUT2D eigenvalue weighted by Gasteiger charge is -2.19. The van der Waals surface area contributed by atoms with Gasteiger partial charge in [-0.25, -0.2) is 9.78 Å². The molecule has 1 saturated heterocycles. The number of aromatic nitrogens is 1. The molecule has 1 fully saturated rings. The van der Waals surface area contributed by atoms with E-state index >= 15 is 0 Å². The maximum Gasteiger partial charge on any atom is 0.413 e. The molecule has 6 heteroatoms. The third kappa shape index (κ3) is 5.89. The van der Waals surface area contributed by atoms with Crippen LogP contribution in [0, 0.1) is 5.92 Å². The maximum atomic E-state index is 12.4. The number of pyridine rings is 1. The zero-order chi connectivity index (χ0) is 20.1. The van der Waals surface area contributed by atoms with Crippen LogP contribution in [0.25, 0.3) is 0 Å². The summed E-state index contributed by atoms with van der Waals surface area (Å²) in [6.45, 7) is 7.39. The van der Waals surface area contributed by atoms with Crippen molar-refractivity contribution in [2.45, 2.75) is 39.3 Å². The molecule has 2 heterocycles. The Hall–Kier alpha value is -2.73. The molecule has 148 valence electrons. The smallest absolute Gasteiger partial charge is 0.413 e. The van der Waals surface area contributed by atoms with E-state index in [-0.39, 0.29) is 11.7 Å². The van der Waals surface area contributed by atoms with E-state index < -0.39 is 11.7 Å². The van der Waals surface area contributed by atoms with Gasteiger partial charge in [-0.2, -0.15) is 0 Å². The molecule has 1 aromatic heterocycles. The van der Waals surface area contributed by atoms with E-state index in [1.54, 1.807) is 6.07 Å². The second kappa shape index (κ2) is 8.52. The second-order valence-corrected chi connectivity index (χ2v) is 8.16. The number of rotatable bonds is 5. The highest BCUT2D eigenvalue weighted by molar-refractivity contribution is 5.85. The summed E-state index contributed by atoms with van der Waals surface area (Å²) in [6.07, 6.45) is 0.0247. The molecule has 0 bridgehead atoms. The number of Topliss-reactive ketones (excluding diaryl/α,β-unsaturated/α-hetero) is 1. The highest BCUT2D eigenvalue weighted by Gasteiger charge is 2.31. The van der Waals surface area contributed by atoms with E-state index in [0.717, 1.165) is 18.8 Å². The molecule has 28 heavy (non-hydrogen) atoms. The van der Waals surface area contributed by atoms with Gasteiger partial charge in [-0.1, -0.05) is 36.4 Å². The van der Waals surface area contributed by atoms with Crippen LogP contribution in [-0.4, -0.2) is 40.5 Å². The highest BCUT2D eigenvalue weighted by atomic mass is 16.6. The number of ketones is 1. The van der Waals surface area contributed by atoms with Crippen LogP contribution in [0.2, 0.25) is 0 Å². The number of ether oxygens (including phenoxy) is 1. The Labute approximate surface area is 165 Å². The van der Waals surface area contributed by atoms with Gasteiger partial charge < -0.3 is 4.74 Å². The molecule has 1 N–H and O–H groups in total. The Morgan fingerprint density at radius 2 is 1.93 bits per heavy atom. The lowest BCUT2D eigenvalue weighted by Crippen LogP contribution is -2.27. The minimum Gasteiger partial charge on any atom is -0.444 e. The predicted octanol–water partition coefficient (Wildman–Crippen LogP) is 3.67. The van der Waals surface area contributed by atoms with Crippen molar-refractivity contribution < 1.29 is 14.3 Å². The van der Waals surface area contributed by atoms with Crippen molar-refractivity contribution in [2.75, 3.05) is 18.4 Å². The first-order valence-corrected chi connectivity index (χ1v) is 9.53. The monoisotopic (exact) mass is 381 g/mol. The number of nitrogens with one attached hydrogen (secondary N) is 1. The topological polar surface area (TPSA) is 71.5 Å². The lowest BCUT2D eigenvalue weighted by molar-refractivity contribution is -0.119. The minimum atomic E-state index is -0.569. The fourth-order valence-corrected chi connectivity index (χ4v) is 3.29. The Balaban J connectivity index is 1.58. The van der Waals surface area contributed by atoms with E-state index in [2.05, 4.69) is 27.3 Å². The van der Waals surface area contributed by atoms with Gasteiger partial charge in [-0.15, -0.1) is 0 Å². The van der Waals surface area contributed by atoms with Gasteiger partial charge in [0, 0.05) is 31.1 Å². The van der Waals surface area contributed by atoms with Gasteiger partial charge >= 0.3 is 6.09 Å². The molecule has 3 rings (SSSR count). The second-order valence-electron chi connectivity index (χ2n) is 8.16. The zero-order valence-corrected chi connectivity index (χ0v) is 16.6. The van der Waals surface area contributed by atoms with Gasteiger partial charge in [-0.3, -0.25) is 15.0 Å². The first-order valence-electron chi connectivity index (χ1n) is 9.53. The molecular formula is C22H27N3O3. The molecule has 1 aliphatic heterocycles. The van der Waals surface area contributed by atoms with E-state index in [0.29, 0.717) is 18.8 Å². The molecular weight excluding hydrogens is 354 g/mol. The summed E-state index contributed by atoms with van der Waals surface area (Å²) >= 11 is 0. The zero-order valence-electron chi connectivity index (χ0n) is 16.6. The summed E-state index contributed by atoms with van der Waals surface area (Å²) in [5, 5.41) is 2.65. The maximum absolute atomic E-state index is 12.4. The molecule has 0 saturated carbocycles. The molecule has 1 aliphatic rings. The summed E-state index contributed by atoms with van der Waals surface area (Å²) < 4.78 is 5.25. The van der Waals surface area contributed by atoms with Crippen molar-refractivity contribution in [3.05, 3.63) is 59.8 Å². The van der Waals surface area contributed by atoms with Crippen LogP contribution in [0.15, 0.2) is 48.5 Å². The number of hydrogen-bond donors (Lipinski definition) is 1. The number of carbonyl (C=O) groups is 2. The molecule has 0 spiro atoms. The van der Waals surface area contributed by atoms with Crippen LogP contribution >= 0.6 is 0 Å². The van der Waals surface area contributed by atoms with Crippen LogP contribution in [0.5, 0.6) is 0 Å². The normalized spacial score (nSPS) is 17.5. The van der Waals surface area contributed by atoms with Crippen molar-refractivity contribution >= 4 is 17.7 Å². The van der Waals surface area contributed by atoms with Crippen molar-refractivity contribution in [2.24, 2.45) is 5.92 Å². The Morgan fingerprint density at radius 1 is 1.18 bits per heavy atom. The summed E-state index contributed by atoms with van der Waals surface area (Å²) in [5.41, 5.74) is 1.42. The average molecular weight is 381 g/mol. The summed E-state index contributed by atoms with van der Waals surface area (Å²) in [7, 11) is 0. The number of likely N-dealkylation sites (tertiary alicyclic amines) is 1. The Morgan fingerprint density at radius 3 is 2.64 bits per heavy atom. The number of carbonyl (C=O) groups excluding carboxylic acids is 2. The molecule has 1 unspecified atom stereocenters. The SMILES string of the molecule is CC(C)(C)OC(=O)Nc1cccc(CC2CN(Cc3ccccc3)CC2=O)n1. The summed E-state index contributed by atoms with van der Waals surface area (Å²) in [6, 6.07) is 15.6. The van der Waals surface area contributed by atoms with Gasteiger partial charge in [-0.05, 0) is 38.5 Å². The van der Waals surface area contributed by atoms with Crippen LogP contribution < -0.4 is 5.32 Å². The van der Waals surface area contributed by atoms with Crippen molar-refractivity contribution in [3.63, 3.8) is 0 Å². The number of amides is 1. The van der Waals surface area contributed by atoms with Crippen molar-refractivity contribution in [1.82, 2.24) is 9.88 Å². The molecule has 1 atom stereocenters. The fourth-order valence-electron chi connectivity index (χ4n) is 3.29. The quantitative estimate of drug-likeness (QED) is 0.856. The molecule has 0 aliphatic carbocycles. The predicted molar refractivity (Wildman–Crippen MR) is 108 cm³/mol.